The number of nitro benzene ring substituents is 1. The van der Waals surface area contributed by atoms with Crippen LogP contribution in [0.2, 0.25) is 0 Å². The summed E-state index contributed by atoms with van der Waals surface area (Å²) in [7, 11) is 9.23. The average Bonchev–Trinajstić information content (AvgIpc) is 2.97. The third-order valence-corrected chi connectivity index (χ3v) is 3.80. The first-order valence-corrected chi connectivity index (χ1v) is 7.54. The van der Waals surface area contributed by atoms with Crippen molar-refractivity contribution in [3.63, 3.8) is 0 Å². The van der Waals surface area contributed by atoms with E-state index in [0.29, 0.717) is 0 Å². The van der Waals surface area contributed by atoms with Gasteiger partial charge in [0.1, 0.15) is 0 Å². The summed E-state index contributed by atoms with van der Waals surface area (Å²) < 4.78 is 6.90. The van der Waals surface area contributed by atoms with Gasteiger partial charge in [-0.2, -0.15) is 5.10 Å². The van der Waals surface area contributed by atoms with Crippen LogP contribution >= 0.6 is 0 Å². The zero-order valence-electron chi connectivity index (χ0n) is 14.7. The number of hydrogen-bond donors (Lipinski definition) is 0. The van der Waals surface area contributed by atoms with Gasteiger partial charge in [0.2, 0.25) is 0 Å². The van der Waals surface area contributed by atoms with Gasteiger partial charge in [0.25, 0.3) is 0 Å². The van der Waals surface area contributed by atoms with Gasteiger partial charge in [0.05, 0.1) is 18.2 Å². The SMILES string of the molecule is COc1cc(N(C)CCN(C)C)c(-c2cnn(C)c2)cc1[N+](=O)[O-]. The predicted octanol–water partition coefficient (Wildman–Crippen LogP) is 2.00. The van der Waals surface area contributed by atoms with Crippen molar-refractivity contribution in [3.05, 3.63) is 34.6 Å². The molecule has 0 saturated heterocycles. The zero-order valence-corrected chi connectivity index (χ0v) is 14.7. The van der Waals surface area contributed by atoms with Gasteiger partial charge >= 0.3 is 5.69 Å². The number of rotatable bonds is 7. The Morgan fingerprint density at radius 3 is 2.50 bits per heavy atom. The van der Waals surface area contributed by atoms with E-state index in [1.807, 2.05) is 34.4 Å². The maximum atomic E-state index is 11.4. The van der Waals surface area contributed by atoms with Gasteiger partial charge in [-0.3, -0.25) is 14.8 Å². The quantitative estimate of drug-likeness (QED) is 0.570. The van der Waals surface area contributed by atoms with Crippen LogP contribution < -0.4 is 9.64 Å². The molecule has 130 valence electrons. The van der Waals surface area contributed by atoms with Crippen molar-refractivity contribution in [2.75, 3.05) is 46.2 Å². The minimum Gasteiger partial charge on any atom is -0.490 e. The Morgan fingerprint density at radius 1 is 1.29 bits per heavy atom. The van der Waals surface area contributed by atoms with E-state index in [1.165, 1.54) is 7.11 Å². The van der Waals surface area contributed by atoms with Crippen LogP contribution in [0.15, 0.2) is 24.5 Å². The molecule has 8 heteroatoms. The number of benzene rings is 1. The summed E-state index contributed by atoms with van der Waals surface area (Å²) in [5.74, 6) is 0.249. The molecule has 0 amide bonds. The lowest BCUT2D eigenvalue weighted by Gasteiger charge is -2.24. The maximum Gasteiger partial charge on any atom is 0.311 e. The van der Waals surface area contributed by atoms with Crippen molar-refractivity contribution < 1.29 is 9.66 Å². The van der Waals surface area contributed by atoms with Gasteiger partial charge in [-0.05, 0) is 14.1 Å². The molecule has 0 atom stereocenters. The Hall–Kier alpha value is -2.61. The van der Waals surface area contributed by atoms with Gasteiger partial charge in [-0.15, -0.1) is 0 Å². The molecule has 0 fully saturated rings. The summed E-state index contributed by atoms with van der Waals surface area (Å²) in [6.07, 6.45) is 3.55. The summed E-state index contributed by atoms with van der Waals surface area (Å²) in [4.78, 5) is 15.1. The van der Waals surface area contributed by atoms with E-state index in [2.05, 4.69) is 14.9 Å². The molecular weight excluding hydrogens is 310 g/mol. The second-order valence-electron chi connectivity index (χ2n) is 5.93. The van der Waals surface area contributed by atoms with E-state index < -0.39 is 4.92 Å². The van der Waals surface area contributed by atoms with E-state index in [-0.39, 0.29) is 11.4 Å². The second-order valence-corrected chi connectivity index (χ2v) is 5.93. The first-order chi connectivity index (χ1) is 11.3. The van der Waals surface area contributed by atoms with Crippen molar-refractivity contribution in [1.29, 1.82) is 0 Å². The number of nitrogens with zero attached hydrogens (tertiary/aromatic N) is 5. The zero-order chi connectivity index (χ0) is 17.9. The van der Waals surface area contributed by atoms with Crippen LogP contribution in [-0.2, 0) is 7.05 Å². The first kappa shape index (κ1) is 17.7. The normalized spacial score (nSPS) is 10.9. The van der Waals surface area contributed by atoms with E-state index in [0.717, 1.165) is 29.9 Å². The van der Waals surface area contributed by atoms with Crippen molar-refractivity contribution in [1.82, 2.24) is 14.7 Å². The van der Waals surface area contributed by atoms with Gasteiger partial charge in [0, 0.05) is 62.3 Å². The highest BCUT2D eigenvalue weighted by atomic mass is 16.6. The molecule has 0 radical (unpaired) electrons. The number of methoxy groups -OCH3 is 1. The number of aromatic nitrogens is 2. The lowest BCUT2D eigenvalue weighted by Crippen LogP contribution is -2.28. The number of hydrogen-bond acceptors (Lipinski definition) is 6. The fourth-order valence-electron chi connectivity index (χ4n) is 2.44. The lowest BCUT2D eigenvalue weighted by molar-refractivity contribution is -0.385. The van der Waals surface area contributed by atoms with Gasteiger partial charge < -0.3 is 14.5 Å². The van der Waals surface area contributed by atoms with E-state index in [4.69, 9.17) is 4.74 Å². The monoisotopic (exact) mass is 333 g/mol. The molecule has 2 rings (SSSR count). The number of nitro groups is 1. The third-order valence-electron chi connectivity index (χ3n) is 3.80. The lowest BCUT2D eigenvalue weighted by atomic mass is 10.0. The molecule has 0 aliphatic heterocycles. The Labute approximate surface area is 141 Å². The molecule has 0 aliphatic rings. The molecule has 0 unspecified atom stereocenters. The molecule has 24 heavy (non-hydrogen) atoms. The van der Waals surface area contributed by atoms with E-state index in [9.17, 15) is 10.1 Å². The number of likely N-dealkylation sites (N-methyl/N-ethyl adjacent to an activating group) is 2. The van der Waals surface area contributed by atoms with E-state index >= 15 is 0 Å². The largest absolute Gasteiger partial charge is 0.490 e. The summed E-state index contributed by atoms with van der Waals surface area (Å²) in [5, 5.41) is 15.5. The standard InChI is InChI=1S/C16H23N5O3/c1-18(2)6-7-19(3)14-9-16(24-5)15(21(22)23)8-13(14)12-10-17-20(4)11-12/h8-11H,6-7H2,1-5H3. The van der Waals surface area contributed by atoms with Gasteiger partial charge in [-0.1, -0.05) is 0 Å². The molecule has 0 aliphatic carbocycles. The number of aryl methyl sites for hydroxylation is 1. The average molecular weight is 333 g/mol. The third kappa shape index (κ3) is 3.83. The Morgan fingerprint density at radius 2 is 2.00 bits per heavy atom. The van der Waals surface area contributed by atoms with Crippen LogP contribution in [0, 0.1) is 10.1 Å². The van der Waals surface area contributed by atoms with E-state index in [1.54, 1.807) is 23.0 Å². The highest BCUT2D eigenvalue weighted by Crippen LogP contribution is 2.39. The molecule has 1 heterocycles. The van der Waals surface area contributed by atoms with Crippen molar-refractivity contribution in [2.45, 2.75) is 0 Å². The van der Waals surface area contributed by atoms with Crippen LogP contribution in [0.5, 0.6) is 5.75 Å². The fourth-order valence-corrected chi connectivity index (χ4v) is 2.44. The number of anilines is 1. The molecule has 0 N–H and O–H groups in total. The molecule has 0 spiro atoms. The van der Waals surface area contributed by atoms with Crippen LogP contribution in [0.25, 0.3) is 11.1 Å². The van der Waals surface area contributed by atoms with Crippen LogP contribution in [-0.4, -0.2) is 60.9 Å². The predicted molar refractivity (Wildman–Crippen MR) is 93.7 cm³/mol. The Kier molecular flexibility index (Phi) is 5.40. The van der Waals surface area contributed by atoms with Crippen molar-refractivity contribution in [3.8, 4) is 16.9 Å². The van der Waals surface area contributed by atoms with Crippen LogP contribution in [0.1, 0.15) is 0 Å². The molecule has 0 saturated carbocycles. The van der Waals surface area contributed by atoms with Gasteiger partial charge in [0.15, 0.2) is 5.75 Å². The van der Waals surface area contributed by atoms with Crippen LogP contribution in [0.4, 0.5) is 11.4 Å². The highest BCUT2D eigenvalue weighted by molar-refractivity contribution is 5.82. The topological polar surface area (TPSA) is 76.7 Å². The maximum absolute atomic E-state index is 11.4. The fraction of sp³-hybridized carbons (Fsp3) is 0.438. The molecule has 1 aromatic heterocycles. The Bertz CT molecular complexity index is 726. The second kappa shape index (κ2) is 7.31. The molecule has 0 bridgehead atoms. The molecule has 8 nitrogen and oxygen atoms in total. The minimum atomic E-state index is -0.428. The summed E-state index contributed by atoms with van der Waals surface area (Å²) in [6.45, 7) is 1.64. The summed E-state index contributed by atoms with van der Waals surface area (Å²) >= 11 is 0. The molecule has 2 aromatic rings. The van der Waals surface area contributed by atoms with Crippen LogP contribution in [0.3, 0.4) is 0 Å². The highest BCUT2D eigenvalue weighted by Gasteiger charge is 2.22. The van der Waals surface area contributed by atoms with Gasteiger partial charge in [-0.25, -0.2) is 0 Å². The molecular formula is C16H23N5O3. The molecule has 1 aromatic carbocycles. The van der Waals surface area contributed by atoms with Crippen molar-refractivity contribution >= 4 is 11.4 Å². The first-order valence-electron chi connectivity index (χ1n) is 7.54. The summed E-state index contributed by atoms with van der Waals surface area (Å²) in [6, 6.07) is 3.27. The minimum absolute atomic E-state index is 0.0545. The Balaban J connectivity index is 2.55. The summed E-state index contributed by atoms with van der Waals surface area (Å²) in [5.41, 5.74) is 2.40. The van der Waals surface area contributed by atoms with Crippen molar-refractivity contribution in [2.24, 2.45) is 7.05 Å². The smallest absolute Gasteiger partial charge is 0.311 e. The number of ether oxygens (including phenoxy) is 1.